The fourth-order valence-corrected chi connectivity index (χ4v) is 2.21. The first-order valence-electron chi connectivity index (χ1n) is 7.30. The van der Waals surface area contributed by atoms with Crippen LogP contribution in [0.1, 0.15) is 5.56 Å². The number of nitrogens with one attached hydrogen (secondary N) is 1. The van der Waals surface area contributed by atoms with Gasteiger partial charge < -0.3 is 16.8 Å². The van der Waals surface area contributed by atoms with E-state index in [0.29, 0.717) is 17.6 Å². The number of nitrogens with two attached hydrogens (primary N) is 2. The number of nitrogens with zero attached hydrogens (tertiary/aromatic N) is 3. The molecule has 5 N–H and O–H groups in total. The number of carbonyl (C=O) groups is 1. The van der Waals surface area contributed by atoms with E-state index >= 15 is 0 Å². The van der Waals surface area contributed by atoms with Crippen molar-refractivity contribution in [3.8, 4) is 11.3 Å². The van der Waals surface area contributed by atoms with Gasteiger partial charge in [0.25, 0.3) is 0 Å². The number of aromatic nitrogens is 3. The van der Waals surface area contributed by atoms with Gasteiger partial charge in [0, 0.05) is 11.8 Å². The standard InChI is InChI=1S/C17H16N6O/c18-14-2-1-3-16(22-14)23-17-20-9-8-13(21-17)12-6-4-11(5-7-12)10-15(19)24/h1-9H,10H2,(H2,19,24)(H3,18,20,21,22,23). The maximum Gasteiger partial charge on any atom is 0.228 e. The first kappa shape index (κ1) is 15.4. The monoisotopic (exact) mass is 320 g/mol. The molecule has 0 aliphatic carbocycles. The molecule has 0 fully saturated rings. The fourth-order valence-electron chi connectivity index (χ4n) is 2.21. The molecule has 0 saturated heterocycles. The van der Waals surface area contributed by atoms with Crippen molar-refractivity contribution in [2.45, 2.75) is 6.42 Å². The summed E-state index contributed by atoms with van der Waals surface area (Å²) < 4.78 is 0. The second-order valence-corrected chi connectivity index (χ2v) is 5.18. The molecule has 120 valence electrons. The Morgan fingerprint density at radius 1 is 1.04 bits per heavy atom. The number of carbonyl (C=O) groups excluding carboxylic acids is 1. The van der Waals surface area contributed by atoms with Gasteiger partial charge in [-0.3, -0.25) is 4.79 Å². The summed E-state index contributed by atoms with van der Waals surface area (Å²) in [6, 6.07) is 14.6. The third kappa shape index (κ3) is 3.83. The molecule has 7 nitrogen and oxygen atoms in total. The second-order valence-electron chi connectivity index (χ2n) is 5.18. The van der Waals surface area contributed by atoms with Crippen LogP contribution in [0.4, 0.5) is 17.6 Å². The van der Waals surface area contributed by atoms with Gasteiger partial charge in [-0.1, -0.05) is 30.3 Å². The predicted molar refractivity (Wildman–Crippen MR) is 92.3 cm³/mol. The lowest BCUT2D eigenvalue weighted by Gasteiger charge is -2.07. The van der Waals surface area contributed by atoms with Crippen molar-refractivity contribution in [2.75, 3.05) is 11.1 Å². The zero-order valence-electron chi connectivity index (χ0n) is 12.8. The number of hydrogen-bond donors (Lipinski definition) is 3. The summed E-state index contributed by atoms with van der Waals surface area (Å²) in [6.07, 6.45) is 1.88. The molecule has 1 aromatic carbocycles. The molecule has 3 rings (SSSR count). The largest absolute Gasteiger partial charge is 0.384 e. The van der Waals surface area contributed by atoms with E-state index in [2.05, 4.69) is 20.3 Å². The minimum absolute atomic E-state index is 0.220. The molecule has 3 aromatic rings. The van der Waals surface area contributed by atoms with E-state index in [9.17, 15) is 4.79 Å². The summed E-state index contributed by atoms with van der Waals surface area (Å²) in [5, 5.41) is 3.02. The van der Waals surface area contributed by atoms with Crippen molar-refractivity contribution >= 4 is 23.5 Å². The van der Waals surface area contributed by atoms with Crippen LogP contribution < -0.4 is 16.8 Å². The van der Waals surface area contributed by atoms with Crippen molar-refractivity contribution in [3.05, 3.63) is 60.3 Å². The van der Waals surface area contributed by atoms with Crippen LogP contribution in [0.3, 0.4) is 0 Å². The molecule has 24 heavy (non-hydrogen) atoms. The van der Waals surface area contributed by atoms with Crippen molar-refractivity contribution in [1.82, 2.24) is 15.0 Å². The third-order valence-electron chi connectivity index (χ3n) is 3.29. The molecule has 0 atom stereocenters. The van der Waals surface area contributed by atoms with Gasteiger partial charge >= 0.3 is 0 Å². The minimum Gasteiger partial charge on any atom is -0.384 e. The van der Waals surface area contributed by atoms with Gasteiger partial charge in [0.2, 0.25) is 11.9 Å². The van der Waals surface area contributed by atoms with E-state index < -0.39 is 0 Å². The van der Waals surface area contributed by atoms with Crippen LogP contribution >= 0.6 is 0 Å². The normalized spacial score (nSPS) is 10.3. The number of pyridine rings is 1. The number of hydrogen-bond acceptors (Lipinski definition) is 6. The maximum atomic E-state index is 10.9. The molecule has 0 spiro atoms. The predicted octanol–water partition coefficient (Wildman–Crippen LogP) is 1.89. The van der Waals surface area contributed by atoms with Crippen LogP contribution in [-0.4, -0.2) is 20.9 Å². The Morgan fingerprint density at radius 2 is 1.83 bits per heavy atom. The van der Waals surface area contributed by atoms with Crippen LogP contribution in [0.15, 0.2) is 54.7 Å². The highest BCUT2D eigenvalue weighted by atomic mass is 16.1. The fraction of sp³-hybridized carbons (Fsp3) is 0.0588. The summed E-state index contributed by atoms with van der Waals surface area (Å²) in [4.78, 5) is 23.7. The number of anilines is 3. The summed E-state index contributed by atoms with van der Waals surface area (Å²) in [7, 11) is 0. The maximum absolute atomic E-state index is 10.9. The molecule has 2 aromatic heterocycles. The van der Waals surface area contributed by atoms with Crippen molar-refractivity contribution < 1.29 is 4.79 Å². The first-order chi connectivity index (χ1) is 11.6. The minimum atomic E-state index is -0.356. The van der Waals surface area contributed by atoms with Gasteiger partial charge in [0.15, 0.2) is 0 Å². The molecule has 1 amide bonds. The zero-order valence-corrected chi connectivity index (χ0v) is 12.8. The van der Waals surface area contributed by atoms with E-state index in [4.69, 9.17) is 11.5 Å². The Bertz CT molecular complexity index is 863. The molecule has 0 aliphatic rings. The Hall–Kier alpha value is -3.48. The molecule has 2 heterocycles. The van der Waals surface area contributed by atoms with Gasteiger partial charge in [-0.25, -0.2) is 15.0 Å². The van der Waals surface area contributed by atoms with Crippen LogP contribution in [0.5, 0.6) is 0 Å². The summed E-state index contributed by atoms with van der Waals surface area (Å²) >= 11 is 0. The first-order valence-corrected chi connectivity index (χ1v) is 7.30. The van der Waals surface area contributed by atoms with E-state index in [1.54, 1.807) is 30.5 Å². The second kappa shape index (κ2) is 6.74. The van der Waals surface area contributed by atoms with Crippen molar-refractivity contribution in [3.63, 3.8) is 0 Å². The lowest BCUT2D eigenvalue weighted by molar-refractivity contribution is -0.117. The molecule has 0 radical (unpaired) electrons. The smallest absolute Gasteiger partial charge is 0.228 e. The lowest BCUT2D eigenvalue weighted by atomic mass is 10.1. The van der Waals surface area contributed by atoms with E-state index in [1.807, 2.05) is 24.3 Å². The number of benzene rings is 1. The summed E-state index contributed by atoms with van der Waals surface area (Å²) in [6.45, 7) is 0. The van der Waals surface area contributed by atoms with Crippen LogP contribution in [-0.2, 0) is 11.2 Å². The molecule has 0 aliphatic heterocycles. The highest BCUT2D eigenvalue weighted by Crippen LogP contribution is 2.20. The van der Waals surface area contributed by atoms with E-state index in [-0.39, 0.29) is 12.3 Å². The van der Waals surface area contributed by atoms with Crippen molar-refractivity contribution in [1.29, 1.82) is 0 Å². The average molecular weight is 320 g/mol. The molecular weight excluding hydrogens is 304 g/mol. The highest BCUT2D eigenvalue weighted by molar-refractivity contribution is 5.76. The lowest BCUT2D eigenvalue weighted by Crippen LogP contribution is -2.13. The molecule has 7 heteroatoms. The Morgan fingerprint density at radius 3 is 2.54 bits per heavy atom. The molecule has 0 unspecified atom stereocenters. The van der Waals surface area contributed by atoms with Gasteiger partial charge in [-0.05, 0) is 23.8 Å². The van der Waals surface area contributed by atoms with E-state index in [1.165, 1.54) is 0 Å². The topological polar surface area (TPSA) is 120 Å². The SMILES string of the molecule is NC(=O)Cc1ccc(-c2ccnc(Nc3cccc(N)n3)n2)cc1. The van der Waals surface area contributed by atoms with Crippen molar-refractivity contribution in [2.24, 2.45) is 5.73 Å². The summed E-state index contributed by atoms with van der Waals surface area (Å²) in [5.74, 6) is 1.06. The molecule has 0 saturated carbocycles. The van der Waals surface area contributed by atoms with Crippen LogP contribution in [0, 0.1) is 0 Å². The van der Waals surface area contributed by atoms with Gasteiger partial charge in [-0.2, -0.15) is 0 Å². The number of primary amides is 1. The van der Waals surface area contributed by atoms with Gasteiger partial charge in [-0.15, -0.1) is 0 Å². The third-order valence-corrected chi connectivity index (χ3v) is 3.29. The Balaban J connectivity index is 1.81. The number of amides is 1. The zero-order chi connectivity index (χ0) is 16.9. The molecule has 0 bridgehead atoms. The number of nitrogen functional groups attached to an aromatic ring is 1. The Labute approximate surface area is 138 Å². The van der Waals surface area contributed by atoms with Crippen LogP contribution in [0.2, 0.25) is 0 Å². The number of rotatable bonds is 5. The summed E-state index contributed by atoms with van der Waals surface area (Å²) in [5.41, 5.74) is 13.4. The van der Waals surface area contributed by atoms with Gasteiger partial charge in [0.1, 0.15) is 11.6 Å². The average Bonchev–Trinajstić information content (AvgIpc) is 2.55. The Kier molecular flexibility index (Phi) is 4.33. The van der Waals surface area contributed by atoms with E-state index in [0.717, 1.165) is 16.8 Å². The van der Waals surface area contributed by atoms with Crippen LogP contribution in [0.25, 0.3) is 11.3 Å². The molecular formula is C17H16N6O. The highest BCUT2D eigenvalue weighted by Gasteiger charge is 2.05. The quantitative estimate of drug-likeness (QED) is 0.660. The van der Waals surface area contributed by atoms with Gasteiger partial charge in [0.05, 0.1) is 12.1 Å².